The molecule has 0 aliphatic rings. The van der Waals surface area contributed by atoms with Gasteiger partial charge < -0.3 is 9.15 Å². The van der Waals surface area contributed by atoms with Crippen LogP contribution in [0, 0.1) is 0 Å². The second kappa shape index (κ2) is 6.04. The van der Waals surface area contributed by atoms with E-state index in [1.54, 1.807) is 30.3 Å². The van der Waals surface area contributed by atoms with Crippen molar-refractivity contribution in [1.29, 1.82) is 0 Å². The van der Waals surface area contributed by atoms with E-state index in [4.69, 9.17) is 17.0 Å². The van der Waals surface area contributed by atoms with Crippen LogP contribution >= 0.6 is 0 Å². The normalized spacial score (nSPS) is 10.1. The number of carbonyl (C=O) groups is 1. The summed E-state index contributed by atoms with van der Waals surface area (Å²) in [5.41, 5.74) is -0.0353. The molecular formula is C14H11BO4. The molecule has 94 valence electrons. The Balaban J connectivity index is 2.16. The third kappa shape index (κ3) is 3.34. The van der Waals surface area contributed by atoms with Gasteiger partial charge in [-0.3, -0.25) is 4.79 Å². The first kappa shape index (κ1) is 13.1. The Morgan fingerprint density at radius 1 is 1.26 bits per heavy atom. The molecule has 2 radical (unpaired) electrons. The van der Waals surface area contributed by atoms with E-state index in [9.17, 15) is 9.59 Å². The van der Waals surface area contributed by atoms with Crippen LogP contribution in [-0.4, -0.2) is 13.8 Å². The zero-order valence-electron chi connectivity index (χ0n) is 10.2. The Bertz CT molecular complexity index is 619. The zero-order valence-corrected chi connectivity index (χ0v) is 10.2. The fourth-order valence-electron chi connectivity index (χ4n) is 1.52. The van der Waals surface area contributed by atoms with Gasteiger partial charge in [-0.2, -0.15) is 0 Å². The highest BCUT2D eigenvalue weighted by atomic mass is 16.5. The summed E-state index contributed by atoms with van der Waals surface area (Å²) in [6.07, 6.45) is 1.97. The van der Waals surface area contributed by atoms with Crippen molar-refractivity contribution in [2.24, 2.45) is 0 Å². The molecule has 5 heteroatoms. The lowest BCUT2D eigenvalue weighted by molar-refractivity contribution is 0.0729. The van der Waals surface area contributed by atoms with Crippen LogP contribution in [0.2, 0.25) is 6.32 Å². The second-order valence-corrected chi connectivity index (χ2v) is 3.87. The number of rotatable bonds is 4. The van der Waals surface area contributed by atoms with E-state index in [-0.39, 0.29) is 5.75 Å². The van der Waals surface area contributed by atoms with Gasteiger partial charge >= 0.3 is 5.97 Å². The summed E-state index contributed by atoms with van der Waals surface area (Å²) >= 11 is 0. The molecule has 1 aromatic heterocycles. The van der Waals surface area contributed by atoms with Crippen LogP contribution in [0.15, 0.2) is 51.9 Å². The van der Waals surface area contributed by atoms with E-state index in [0.29, 0.717) is 24.1 Å². The van der Waals surface area contributed by atoms with Crippen molar-refractivity contribution in [2.75, 3.05) is 0 Å². The van der Waals surface area contributed by atoms with Crippen molar-refractivity contribution in [3.8, 4) is 5.75 Å². The number of aryl methyl sites for hydroxylation is 1. The van der Waals surface area contributed by atoms with Gasteiger partial charge in [0.25, 0.3) is 0 Å². The maximum atomic E-state index is 11.8. The van der Waals surface area contributed by atoms with E-state index in [2.05, 4.69) is 0 Å². The van der Waals surface area contributed by atoms with E-state index in [0.717, 1.165) is 6.26 Å². The van der Waals surface area contributed by atoms with Crippen LogP contribution in [0.4, 0.5) is 0 Å². The number of carbonyl (C=O) groups excluding carboxylic acids is 1. The largest absolute Gasteiger partial charge is 0.465 e. The Labute approximate surface area is 111 Å². The molecule has 1 aromatic carbocycles. The lowest BCUT2D eigenvalue weighted by atomic mass is 10.0. The van der Waals surface area contributed by atoms with Crippen LogP contribution in [-0.2, 0) is 6.42 Å². The first-order chi connectivity index (χ1) is 9.20. The number of ether oxygens (including phenoxy) is 1. The Morgan fingerprint density at radius 3 is 2.63 bits per heavy atom. The average molecular weight is 254 g/mol. The summed E-state index contributed by atoms with van der Waals surface area (Å²) in [5, 5.41) is 0. The van der Waals surface area contributed by atoms with E-state index in [1.807, 2.05) is 0 Å². The SMILES string of the molecule is [B]CCc1cc(=O)c(OC(=O)c2ccccc2)co1. The molecule has 0 fully saturated rings. The lowest BCUT2D eigenvalue weighted by Crippen LogP contribution is -2.14. The molecule has 2 aromatic rings. The quantitative estimate of drug-likeness (QED) is 0.618. The van der Waals surface area contributed by atoms with Crippen molar-refractivity contribution in [1.82, 2.24) is 0 Å². The predicted octanol–water partition coefficient (Wildman–Crippen LogP) is 1.99. The number of hydrogen-bond acceptors (Lipinski definition) is 4. The van der Waals surface area contributed by atoms with Gasteiger partial charge in [0.1, 0.15) is 12.0 Å². The van der Waals surface area contributed by atoms with Crippen molar-refractivity contribution < 1.29 is 13.9 Å². The molecule has 4 nitrogen and oxygen atoms in total. The molecule has 0 spiro atoms. The minimum absolute atomic E-state index is 0.130. The number of esters is 1. The van der Waals surface area contributed by atoms with Crippen LogP contribution in [0.25, 0.3) is 0 Å². The first-order valence-electron chi connectivity index (χ1n) is 5.79. The summed E-state index contributed by atoms with van der Waals surface area (Å²) in [6, 6.07) is 9.69. The number of benzene rings is 1. The monoisotopic (exact) mass is 254 g/mol. The minimum atomic E-state index is -0.598. The van der Waals surface area contributed by atoms with Gasteiger partial charge in [-0.15, -0.1) is 0 Å². The van der Waals surface area contributed by atoms with Crippen molar-refractivity contribution in [3.05, 3.63) is 64.2 Å². The predicted molar refractivity (Wildman–Crippen MR) is 70.6 cm³/mol. The molecular weight excluding hydrogens is 243 g/mol. The lowest BCUT2D eigenvalue weighted by Gasteiger charge is -2.04. The topological polar surface area (TPSA) is 56.5 Å². The summed E-state index contributed by atoms with van der Waals surface area (Å²) in [7, 11) is 5.36. The molecule has 0 unspecified atom stereocenters. The fraction of sp³-hybridized carbons (Fsp3) is 0.143. The first-order valence-corrected chi connectivity index (χ1v) is 5.79. The molecule has 0 atom stereocenters. The molecule has 2 rings (SSSR count). The van der Waals surface area contributed by atoms with Crippen molar-refractivity contribution in [2.45, 2.75) is 12.7 Å². The minimum Gasteiger partial charge on any atom is -0.465 e. The number of hydrogen-bond donors (Lipinski definition) is 0. The zero-order chi connectivity index (χ0) is 13.7. The molecule has 0 saturated heterocycles. The van der Waals surface area contributed by atoms with Crippen LogP contribution in [0.3, 0.4) is 0 Å². The van der Waals surface area contributed by atoms with E-state index < -0.39 is 11.4 Å². The molecule has 0 bridgehead atoms. The molecule has 0 amide bonds. The molecule has 0 saturated carbocycles. The van der Waals surface area contributed by atoms with Gasteiger partial charge in [-0.05, 0) is 18.6 Å². The summed E-state index contributed by atoms with van der Waals surface area (Å²) in [6.45, 7) is 0. The standard InChI is InChI=1S/C14H11BO4/c15-7-6-11-8-12(16)13(9-18-11)19-14(17)10-4-2-1-3-5-10/h1-5,8-9H,6-7H2. The van der Waals surface area contributed by atoms with Crippen molar-refractivity contribution >= 4 is 13.8 Å². The highest BCUT2D eigenvalue weighted by Crippen LogP contribution is 2.10. The third-order valence-corrected chi connectivity index (χ3v) is 2.46. The molecule has 19 heavy (non-hydrogen) atoms. The van der Waals surface area contributed by atoms with Gasteiger partial charge in [-0.1, -0.05) is 24.5 Å². The van der Waals surface area contributed by atoms with Gasteiger partial charge in [-0.25, -0.2) is 4.79 Å². The van der Waals surface area contributed by atoms with Crippen molar-refractivity contribution in [3.63, 3.8) is 0 Å². The molecule has 0 aliphatic heterocycles. The fourth-order valence-corrected chi connectivity index (χ4v) is 1.52. The Kier molecular flexibility index (Phi) is 4.18. The summed E-state index contributed by atoms with van der Waals surface area (Å²) in [4.78, 5) is 23.5. The molecule has 0 N–H and O–H groups in total. The van der Waals surface area contributed by atoms with Gasteiger partial charge in [0, 0.05) is 6.07 Å². The van der Waals surface area contributed by atoms with Crippen LogP contribution in [0.1, 0.15) is 16.1 Å². The maximum absolute atomic E-state index is 11.8. The Morgan fingerprint density at radius 2 is 2.00 bits per heavy atom. The second-order valence-electron chi connectivity index (χ2n) is 3.87. The highest BCUT2D eigenvalue weighted by Gasteiger charge is 2.11. The Hall–Kier alpha value is -2.30. The van der Waals surface area contributed by atoms with Crippen LogP contribution < -0.4 is 10.2 Å². The smallest absolute Gasteiger partial charge is 0.343 e. The van der Waals surface area contributed by atoms with Gasteiger partial charge in [0.05, 0.1) is 13.4 Å². The average Bonchev–Trinajstić information content (AvgIpc) is 2.43. The van der Waals surface area contributed by atoms with Gasteiger partial charge in [0.2, 0.25) is 11.2 Å². The highest BCUT2D eigenvalue weighted by molar-refractivity contribution is 6.08. The summed E-state index contributed by atoms with van der Waals surface area (Å²) < 4.78 is 10.1. The summed E-state index contributed by atoms with van der Waals surface area (Å²) in [5.74, 6) is -0.263. The van der Waals surface area contributed by atoms with E-state index >= 15 is 0 Å². The molecule has 0 aliphatic carbocycles. The molecule has 1 heterocycles. The van der Waals surface area contributed by atoms with Crippen LogP contribution in [0.5, 0.6) is 5.75 Å². The maximum Gasteiger partial charge on any atom is 0.343 e. The van der Waals surface area contributed by atoms with E-state index in [1.165, 1.54) is 6.07 Å². The third-order valence-electron chi connectivity index (χ3n) is 2.46. The van der Waals surface area contributed by atoms with Gasteiger partial charge in [0.15, 0.2) is 0 Å².